The van der Waals surface area contributed by atoms with Gasteiger partial charge in [0.2, 0.25) is 5.78 Å². The molecule has 6 nitrogen and oxygen atoms in total. The van der Waals surface area contributed by atoms with Gasteiger partial charge in [-0.1, -0.05) is 12.8 Å². The Labute approximate surface area is 140 Å². The molecule has 2 heterocycles. The molecule has 1 aliphatic heterocycles. The molecule has 2 aliphatic rings. The number of aliphatic hydroxyl groups is 1. The molecule has 0 bridgehead atoms. The van der Waals surface area contributed by atoms with Crippen molar-refractivity contribution in [1.29, 1.82) is 0 Å². The van der Waals surface area contributed by atoms with Crippen molar-refractivity contribution in [1.82, 2.24) is 9.88 Å². The Bertz CT molecular complexity index is 576. The summed E-state index contributed by atoms with van der Waals surface area (Å²) in [6.45, 7) is 2.83. The fraction of sp³-hybridized carbons (Fsp3) is 0.750. The Morgan fingerprint density at radius 2 is 2.30 bits per heavy atom. The zero-order valence-corrected chi connectivity index (χ0v) is 14.3. The maximum atomic E-state index is 12.9. The molecule has 0 aromatic carbocycles. The number of hydrogen-bond donors (Lipinski definition) is 3. The number of rotatable bonds is 5. The van der Waals surface area contributed by atoms with E-state index in [0.29, 0.717) is 11.4 Å². The van der Waals surface area contributed by atoms with Gasteiger partial charge in [0.15, 0.2) is 5.01 Å². The lowest BCUT2D eigenvalue weighted by Crippen LogP contribution is -2.62. The second-order valence-electron chi connectivity index (χ2n) is 6.71. The SMILES string of the molecule is NC1CCCCC1(N)C(=O)c1nc2c(s1)CN(CCCO)CC2. The summed E-state index contributed by atoms with van der Waals surface area (Å²) in [4.78, 5) is 20.9. The van der Waals surface area contributed by atoms with Crippen molar-refractivity contribution in [2.45, 2.75) is 56.7 Å². The highest BCUT2D eigenvalue weighted by Crippen LogP contribution is 2.32. The summed E-state index contributed by atoms with van der Waals surface area (Å²) >= 11 is 1.47. The first-order valence-corrected chi connectivity index (χ1v) is 9.27. The summed E-state index contributed by atoms with van der Waals surface area (Å²) in [5.74, 6) is -0.0778. The van der Waals surface area contributed by atoms with Gasteiger partial charge in [-0.3, -0.25) is 9.69 Å². The number of carbonyl (C=O) groups excluding carboxylic acids is 1. The molecule has 3 rings (SSSR count). The van der Waals surface area contributed by atoms with Crippen LogP contribution in [0.25, 0.3) is 0 Å². The van der Waals surface area contributed by atoms with Gasteiger partial charge >= 0.3 is 0 Å². The molecule has 7 heteroatoms. The third-order valence-electron chi connectivity index (χ3n) is 5.08. The highest BCUT2D eigenvalue weighted by molar-refractivity contribution is 7.13. The van der Waals surface area contributed by atoms with Crippen LogP contribution in [0, 0.1) is 0 Å². The average Bonchev–Trinajstić information content (AvgIpc) is 2.98. The molecule has 2 unspecified atom stereocenters. The van der Waals surface area contributed by atoms with Crippen LogP contribution in [0.5, 0.6) is 0 Å². The molecule has 23 heavy (non-hydrogen) atoms. The van der Waals surface area contributed by atoms with Crippen LogP contribution in [0.2, 0.25) is 0 Å². The smallest absolute Gasteiger partial charge is 0.212 e. The number of aromatic nitrogens is 1. The molecule has 1 aromatic rings. The standard InChI is InChI=1S/C16H26N4O2S/c17-13-4-1-2-6-16(13,18)14(22)15-19-11-5-8-20(7-3-9-21)10-12(11)23-15/h13,21H,1-10,17-18H2. The summed E-state index contributed by atoms with van der Waals surface area (Å²) in [6, 6.07) is -0.272. The van der Waals surface area contributed by atoms with Gasteiger partial charge in [0.25, 0.3) is 0 Å². The lowest BCUT2D eigenvalue weighted by molar-refractivity contribution is 0.0822. The number of nitrogens with zero attached hydrogens (tertiary/aromatic N) is 2. The second kappa shape index (κ2) is 6.94. The van der Waals surface area contributed by atoms with Crippen molar-refractivity contribution < 1.29 is 9.90 Å². The van der Waals surface area contributed by atoms with Gasteiger partial charge in [-0.15, -0.1) is 11.3 Å². The van der Waals surface area contributed by atoms with Crippen molar-refractivity contribution in [3.8, 4) is 0 Å². The van der Waals surface area contributed by atoms with Crippen LogP contribution in [0.1, 0.15) is 52.5 Å². The van der Waals surface area contributed by atoms with Gasteiger partial charge in [0.1, 0.15) is 0 Å². The number of carbonyl (C=O) groups is 1. The van der Waals surface area contributed by atoms with Crippen LogP contribution in [-0.4, -0.2) is 52.1 Å². The predicted molar refractivity (Wildman–Crippen MR) is 90.5 cm³/mol. The average molecular weight is 338 g/mol. The largest absolute Gasteiger partial charge is 0.396 e. The Hall–Kier alpha value is -0.860. The van der Waals surface area contributed by atoms with Crippen LogP contribution < -0.4 is 11.5 Å². The first kappa shape index (κ1) is 17.0. The van der Waals surface area contributed by atoms with E-state index < -0.39 is 5.54 Å². The molecule has 2 atom stereocenters. The number of thiazole rings is 1. The van der Waals surface area contributed by atoms with E-state index >= 15 is 0 Å². The van der Waals surface area contributed by atoms with E-state index in [1.165, 1.54) is 11.3 Å². The minimum Gasteiger partial charge on any atom is -0.396 e. The third kappa shape index (κ3) is 3.34. The Morgan fingerprint density at radius 1 is 1.48 bits per heavy atom. The molecule has 1 aliphatic carbocycles. The van der Waals surface area contributed by atoms with Crippen LogP contribution in [-0.2, 0) is 13.0 Å². The van der Waals surface area contributed by atoms with Crippen molar-refractivity contribution in [3.63, 3.8) is 0 Å². The monoisotopic (exact) mass is 338 g/mol. The number of hydrogen-bond acceptors (Lipinski definition) is 7. The summed E-state index contributed by atoms with van der Waals surface area (Å²) in [5.41, 5.74) is 12.6. The molecule has 1 saturated carbocycles. The maximum absolute atomic E-state index is 12.9. The van der Waals surface area contributed by atoms with Gasteiger partial charge in [-0.05, 0) is 19.3 Å². The van der Waals surface area contributed by atoms with E-state index in [0.717, 1.165) is 62.3 Å². The number of Topliss-reactive ketones (excluding diaryl/α,β-unsaturated/α-hetero) is 1. The quantitative estimate of drug-likeness (QED) is 0.681. The lowest BCUT2D eigenvalue weighted by Gasteiger charge is -2.36. The van der Waals surface area contributed by atoms with Gasteiger partial charge in [-0.2, -0.15) is 0 Å². The molecule has 128 valence electrons. The molecule has 5 N–H and O–H groups in total. The lowest BCUT2D eigenvalue weighted by atomic mass is 9.76. The summed E-state index contributed by atoms with van der Waals surface area (Å²) in [5, 5.41) is 9.49. The van der Waals surface area contributed by atoms with E-state index in [9.17, 15) is 4.79 Å². The summed E-state index contributed by atoms with van der Waals surface area (Å²) in [6.07, 6.45) is 5.09. The zero-order valence-electron chi connectivity index (χ0n) is 13.5. The van der Waals surface area contributed by atoms with E-state index in [2.05, 4.69) is 9.88 Å². The Morgan fingerprint density at radius 3 is 3.04 bits per heavy atom. The van der Waals surface area contributed by atoms with Crippen molar-refractivity contribution in [2.24, 2.45) is 11.5 Å². The first-order chi connectivity index (χ1) is 11.0. The fourth-order valence-electron chi connectivity index (χ4n) is 3.54. The van der Waals surface area contributed by atoms with Crippen molar-refractivity contribution >= 4 is 17.1 Å². The highest BCUT2D eigenvalue weighted by Gasteiger charge is 2.43. The number of aliphatic hydroxyl groups excluding tert-OH is 1. The van der Waals surface area contributed by atoms with Gasteiger partial charge in [-0.25, -0.2) is 4.98 Å². The van der Waals surface area contributed by atoms with E-state index in [1.807, 2.05) is 0 Å². The van der Waals surface area contributed by atoms with E-state index in [4.69, 9.17) is 16.6 Å². The maximum Gasteiger partial charge on any atom is 0.212 e. The van der Waals surface area contributed by atoms with E-state index in [-0.39, 0.29) is 18.4 Å². The topological polar surface area (TPSA) is 105 Å². The highest BCUT2D eigenvalue weighted by atomic mass is 32.1. The number of nitrogens with two attached hydrogens (primary N) is 2. The van der Waals surface area contributed by atoms with Crippen LogP contribution in [0.4, 0.5) is 0 Å². The van der Waals surface area contributed by atoms with Gasteiger partial charge < -0.3 is 16.6 Å². The second-order valence-corrected chi connectivity index (χ2v) is 7.80. The first-order valence-electron chi connectivity index (χ1n) is 8.45. The molecule has 0 radical (unpaired) electrons. The zero-order chi connectivity index (χ0) is 16.4. The minimum absolute atomic E-state index is 0.0778. The van der Waals surface area contributed by atoms with Crippen LogP contribution >= 0.6 is 11.3 Å². The normalized spacial score (nSPS) is 28.6. The number of fused-ring (bicyclic) bond motifs is 1. The van der Waals surface area contributed by atoms with Crippen LogP contribution in [0.15, 0.2) is 0 Å². The molecular weight excluding hydrogens is 312 g/mol. The molecular formula is C16H26N4O2S. The fourth-order valence-corrected chi connectivity index (χ4v) is 4.72. The third-order valence-corrected chi connectivity index (χ3v) is 6.16. The summed E-state index contributed by atoms with van der Waals surface area (Å²) < 4.78 is 0. The Balaban J connectivity index is 1.75. The van der Waals surface area contributed by atoms with Crippen molar-refractivity contribution in [3.05, 3.63) is 15.6 Å². The summed E-state index contributed by atoms with van der Waals surface area (Å²) in [7, 11) is 0. The molecule has 1 fully saturated rings. The molecule has 0 amide bonds. The predicted octanol–water partition coefficient (Wildman–Crippen LogP) is 0.665. The Kier molecular flexibility index (Phi) is 5.13. The molecule has 1 aromatic heterocycles. The molecule has 0 saturated heterocycles. The van der Waals surface area contributed by atoms with Gasteiger partial charge in [0.05, 0.1) is 11.2 Å². The van der Waals surface area contributed by atoms with Gasteiger partial charge in [0, 0.05) is 43.6 Å². The van der Waals surface area contributed by atoms with E-state index in [1.54, 1.807) is 0 Å². The minimum atomic E-state index is -0.949. The molecule has 0 spiro atoms. The number of ketones is 1. The van der Waals surface area contributed by atoms with Crippen molar-refractivity contribution in [2.75, 3.05) is 19.7 Å². The van der Waals surface area contributed by atoms with Crippen LogP contribution in [0.3, 0.4) is 0 Å².